The Labute approximate surface area is 143 Å². The molecular weight excluding hydrogens is 302 g/mol. The van der Waals surface area contributed by atoms with Crippen LogP contribution in [0.25, 0.3) is 0 Å². The summed E-state index contributed by atoms with van der Waals surface area (Å²) >= 11 is 0. The van der Waals surface area contributed by atoms with Crippen molar-refractivity contribution < 1.29 is 9.47 Å². The van der Waals surface area contributed by atoms with Crippen molar-refractivity contribution in [1.82, 2.24) is 14.8 Å². The first-order valence-corrected chi connectivity index (χ1v) is 8.26. The average Bonchev–Trinajstić information content (AvgIpc) is 2.63. The smallest absolute Gasteiger partial charge is 0.183 e. The summed E-state index contributed by atoms with van der Waals surface area (Å²) in [6, 6.07) is 12.9. The van der Waals surface area contributed by atoms with E-state index in [0.717, 1.165) is 43.4 Å². The van der Waals surface area contributed by atoms with E-state index >= 15 is 0 Å². The minimum atomic E-state index is 0.350. The molecule has 1 atom stereocenters. The third kappa shape index (κ3) is 3.52. The molecule has 0 amide bonds. The van der Waals surface area contributed by atoms with Gasteiger partial charge in [-0.05, 0) is 12.6 Å². The quantitative estimate of drug-likeness (QED) is 0.844. The van der Waals surface area contributed by atoms with Crippen LogP contribution in [0, 0.1) is 0 Å². The molecule has 5 nitrogen and oxygen atoms in total. The van der Waals surface area contributed by atoms with Crippen molar-refractivity contribution in [2.45, 2.75) is 12.6 Å². The fourth-order valence-corrected chi connectivity index (χ4v) is 3.29. The molecule has 1 aliphatic heterocycles. The number of hydrogen-bond acceptors (Lipinski definition) is 5. The van der Waals surface area contributed by atoms with Crippen molar-refractivity contribution in [3.63, 3.8) is 0 Å². The molecule has 3 rings (SSSR count). The van der Waals surface area contributed by atoms with Crippen LogP contribution in [0.4, 0.5) is 0 Å². The van der Waals surface area contributed by atoms with Gasteiger partial charge < -0.3 is 14.4 Å². The lowest BCUT2D eigenvalue weighted by molar-refractivity contribution is 0.0813. The molecule has 1 unspecified atom stereocenters. The molecule has 1 aliphatic rings. The van der Waals surface area contributed by atoms with Gasteiger partial charge >= 0.3 is 0 Å². The predicted octanol–water partition coefficient (Wildman–Crippen LogP) is 2.59. The minimum absolute atomic E-state index is 0.350. The zero-order valence-electron chi connectivity index (χ0n) is 14.6. The Bertz CT molecular complexity index is 663. The third-order valence-corrected chi connectivity index (χ3v) is 4.60. The van der Waals surface area contributed by atoms with Gasteiger partial charge in [-0.15, -0.1) is 0 Å². The van der Waals surface area contributed by atoms with Crippen LogP contribution < -0.4 is 9.47 Å². The molecule has 0 N–H and O–H groups in total. The van der Waals surface area contributed by atoms with Gasteiger partial charge in [0.25, 0.3) is 0 Å². The van der Waals surface area contributed by atoms with Crippen molar-refractivity contribution in [2.75, 3.05) is 40.9 Å². The Kier molecular flexibility index (Phi) is 5.33. The zero-order chi connectivity index (χ0) is 16.9. The number of methoxy groups -OCH3 is 2. The monoisotopic (exact) mass is 327 g/mol. The molecule has 0 aliphatic carbocycles. The summed E-state index contributed by atoms with van der Waals surface area (Å²) < 4.78 is 10.9. The highest BCUT2D eigenvalue weighted by Crippen LogP contribution is 2.32. The van der Waals surface area contributed by atoms with Crippen LogP contribution in [0.15, 0.2) is 42.6 Å². The van der Waals surface area contributed by atoms with Crippen LogP contribution in [-0.4, -0.2) is 55.7 Å². The maximum atomic E-state index is 5.55. The molecular formula is C19H25N3O2. The Balaban J connectivity index is 1.87. The van der Waals surface area contributed by atoms with Crippen LogP contribution in [-0.2, 0) is 6.54 Å². The molecule has 5 heteroatoms. The molecule has 2 heterocycles. The third-order valence-electron chi connectivity index (χ3n) is 4.60. The molecule has 1 aromatic carbocycles. The molecule has 0 radical (unpaired) electrons. The summed E-state index contributed by atoms with van der Waals surface area (Å²) in [5, 5.41) is 0. The number of rotatable bonds is 5. The van der Waals surface area contributed by atoms with Crippen molar-refractivity contribution in [2.24, 2.45) is 0 Å². The van der Waals surface area contributed by atoms with E-state index < -0.39 is 0 Å². The number of pyridine rings is 1. The Morgan fingerprint density at radius 1 is 1.08 bits per heavy atom. The van der Waals surface area contributed by atoms with E-state index in [9.17, 15) is 0 Å². The number of likely N-dealkylation sites (N-methyl/N-ethyl adjacent to an activating group) is 1. The van der Waals surface area contributed by atoms with Crippen molar-refractivity contribution in [1.29, 1.82) is 0 Å². The molecule has 128 valence electrons. The van der Waals surface area contributed by atoms with Gasteiger partial charge in [-0.25, -0.2) is 0 Å². The molecule has 2 aromatic rings. The van der Waals surface area contributed by atoms with Crippen molar-refractivity contribution in [3.8, 4) is 11.5 Å². The lowest BCUT2D eigenvalue weighted by atomic mass is 10.0. The topological polar surface area (TPSA) is 37.8 Å². The summed E-state index contributed by atoms with van der Waals surface area (Å²) in [7, 11) is 5.50. The second-order valence-corrected chi connectivity index (χ2v) is 6.15. The van der Waals surface area contributed by atoms with Gasteiger partial charge in [-0.1, -0.05) is 30.3 Å². The SMILES string of the molecule is COc1ccnc(CN2CCN(C)CC2c2ccccc2)c1OC. The lowest BCUT2D eigenvalue weighted by Crippen LogP contribution is -2.46. The van der Waals surface area contributed by atoms with Gasteiger partial charge in [0, 0.05) is 44.5 Å². The summed E-state index contributed by atoms with van der Waals surface area (Å²) in [6.45, 7) is 3.80. The number of hydrogen-bond donors (Lipinski definition) is 0. The molecule has 0 saturated carbocycles. The fraction of sp³-hybridized carbons (Fsp3) is 0.421. The van der Waals surface area contributed by atoms with Gasteiger partial charge in [-0.2, -0.15) is 0 Å². The molecule has 0 spiro atoms. The summed E-state index contributed by atoms with van der Waals surface area (Å²) in [4.78, 5) is 9.39. The van der Waals surface area contributed by atoms with E-state index in [1.165, 1.54) is 5.56 Å². The standard InChI is InChI=1S/C19H25N3O2/c1-21-11-12-22(17(14-21)15-7-5-4-6-8-15)13-16-19(24-3)18(23-2)9-10-20-16/h4-10,17H,11-14H2,1-3H3. The summed E-state index contributed by atoms with van der Waals surface area (Å²) in [5.74, 6) is 1.46. The Hall–Kier alpha value is -2.11. The highest BCUT2D eigenvalue weighted by molar-refractivity contribution is 5.42. The second-order valence-electron chi connectivity index (χ2n) is 6.15. The fourth-order valence-electron chi connectivity index (χ4n) is 3.29. The minimum Gasteiger partial charge on any atom is -0.493 e. The number of nitrogens with zero attached hydrogens (tertiary/aromatic N) is 3. The number of aromatic nitrogens is 1. The second kappa shape index (κ2) is 7.64. The van der Waals surface area contributed by atoms with E-state index in [1.54, 1.807) is 20.4 Å². The lowest BCUT2D eigenvalue weighted by Gasteiger charge is -2.40. The molecule has 1 aromatic heterocycles. The maximum Gasteiger partial charge on any atom is 0.183 e. The Morgan fingerprint density at radius 3 is 2.58 bits per heavy atom. The predicted molar refractivity (Wildman–Crippen MR) is 94.4 cm³/mol. The van der Waals surface area contributed by atoms with Gasteiger partial charge in [0.05, 0.1) is 14.2 Å². The first-order valence-electron chi connectivity index (χ1n) is 8.26. The number of piperazine rings is 1. The molecule has 1 saturated heterocycles. The van der Waals surface area contributed by atoms with E-state index in [0.29, 0.717) is 6.04 Å². The highest BCUT2D eigenvalue weighted by atomic mass is 16.5. The molecule has 0 bridgehead atoms. The van der Waals surface area contributed by atoms with Crippen LogP contribution >= 0.6 is 0 Å². The van der Waals surface area contributed by atoms with Crippen molar-refractivity contribution >= 4 is 0 Å². The normalized spacial score (nSPS) is 19.2. The van der Waals surface area contributed by atoms with Crippen molar-refractivity contribution in [3.05, 3.63) is 53.9 Å². The number of benzene rings is 1. The van der Waals surface area contributed by atoms with E-state index in [2.05, 4.69) is 52.2 Å². The summed E-state index contributed by atoms with van der Waals surface area (Å²) in [5.41, 5.74) is 2.26. The van der Waals surface area contributed by atoms with E-state index in [1.807, 2.05) is 6.07 Å². The van der Waals surface area contributed by atoms with Gasteiger partial charge in [0.15, 0.2) is 11.5 Å². The first-order chi connectivity index (χ1) is 11.7. The van der Waals surface area contributed by atoms with Crippen LogP contribution in [0.2, 0.25) is 0 Å². The maximum absolute atomic E-state index is 5.55. The first kappa shape index (κ1) is 16.7. The molecule has 24 heavy (non-hydrogen) atoms. The largest absolute Gasteiger partial charge is 0.493 e. The average molecular weight is 327 g/mol. The van der Waals surface area contributed by atoms with Crippen LogP contribution in [0.3, 0.4) is 0 Å². The zero-order valence-corrected chi connectivity index (χ0v) is 14.6. The highest BCUT2D eigenvalue weighted by Gasteiger charge is 2.28. The molecule has 1 fully saturated rings. The summed E-state index contributed by atoms with van der Waals surface area (Å²) in [6.07, 6.45) is 1.78. The van der Waals surface area contributed by atoms with Crippen LogP contribution in [0.1, 0.15) is 17.3 Å². The number of ether oxygens (including phenoxy) is 2. The van der Waals surface area contributed by atoms with E-state index in [4.69, 9.17) is 9.47 Å². The van der Waals surface area contributed by atoms with Gasteiger partial charge in [-0.3, -0.25) is 9.88 Å². The van der Waals surface area contributed by atoms with E-state index in [-0.39, 0.29) is 0 Å². The Morgan fingerprint density at radius 2 is 1.88 bits per heavy atom. The van der Waals surface area contributed by atoms with Crippen LogP contribution in [0.5, 0.6) is 11.5 Å². The van der Waals surface area contributed by atoms with Gasteiger partial charge in [0.1, 0.15) is 5.69 Å². The van der Waals surface area contributed by atoms with Gasteiger partial charge in [0.2, 0.25) is 0 Å².